The van der Waals surface area contributed by atoms with Crippen LogP contribution in [-0.4, -0.2) is 43.8 Å². The molecule has 0 saturated carbocycles. The number of nitrogens with zero attached hydrogens (tertiary/aromatic N) is 1. The fraction of sp³-hybridized carbons (Fsp3) is 0.800. The molecule has 0 heterocycles. The molecule has 0 aliphatic rings. The van der Waals surface area contributed by atoms with Crippen LogP contribution in [0, 0.1) is 0 Å². The molecular weight excluding hydrogens is 181 g/mol. The summed E-state index contributed by atoms with van der Waals surface area (Å²) < 4.78 is 0. The van der Waals surface area contributed by atoms with Crippen molar-refractivity contribution in [3.05, 3.63) is 0 Å². The molecule has 0 spiro atoms. The van der Waals surface area contributed by atoms with Gasteiger partial charge in [0.15, 0.2) is 0 Å². The van der Waals surface area contributed by atoms with Gasteiger partial charge in [0, 0.05) is 13.5 Å². The molecule has 0 bridgehead atoms. The zero-order chi connectivity index (χ0) is 11.0. The highest BCUT2D eigenvalue weighted by atomic mass is 16.2. The van der Waals surface area contributed by atoms with Crippen LogP contribution in [0.1, 0.15) is 26.2 Å². The van der Waals surface area contributed by atoms with Crippen molar-refractivity contribution in [2.75, 3.05) is 20.6 Å². The monoisotopic (exact) mass is 201 g/mol. The Morgan fingerprint density at radius 1 is 1.43 bits per heavy atom. The van der Waals surface area contributed by atoms with Crippen LogP contribution in [0.5, 0.6) is 0 Å². The second kappa shape index (κ2) is 7.50. The van der Waals surface area contributed by atoms with Gasteiger partial charge in [-0.15, -0.1) is 0 Å². The van der Waals surface area contributed by atoms with E-state index in [0.29, 0.717) is 6.54 Å². The molecule has 82 valence electrons. The molecule has 0 aromatic carbocycles. The number of likely N-dealkylation sites (N-methyl/N-ethyl adjacent to an activating group) is 1. The first-order valence-electron chi connectivity index (χ1n) is 4.94. The molecule has 0 radical (unpaired) electrons. The number of aldehydes is 1. The van der Waals surface area contributed by atoms with Crippen LogP contribution in [0.2, 0.25) is 0 Å². The molecule has 1 unspecified atom stereocenters. The Morgan fingerprint density at radius 3 is 2.50 bits per heavy atom. The average molecular weight is 201 g/mol. The van der Waals surface area contributed by atoms with Crippen molar-refractivity contribution in [3.63, 3.8) is 0 Å². The lowest BCUT2D eigenvalue weighted by atomic mass is 10.2. The molecule has 1 N–H and O–H groups in total. The van der Waals surface area contributed by atoms with Crippen molar-refractivity contribution < 1.29 is 9.59 Å². The lowest BCUT2D eigenvalue weighted by molar-refractivity contribution is -0.119. The van der Waals surface area contributed by atoms with Crippen LogP contribution >= 0.6 is 0 Å². The number of amides is 1. The van der Waals surface area contributed by atoms with Gasteiger partial charge in [-0.05, 0) is 33.4 Å². The molecule has 0 aromatic heterocycles. The van der Waals surface area contributed by atoms with Crippen LogP contribution in [0.3, 0.4) is 0 Å². The maximum absolute atomic E-state index is 10.6. The second-order valence-electron chi connectivity index (χ2n) is 3.65. The molecule has 0 rings (SSSR count). The topological polar surface area (TPSA) is 49.4 Å². The van der Waals surface area contributed by atoms with E-state index < -0.39 is 0 Å². The first-order valence-corrected chi connectivity index (χ1v) is 4.94. The van der Waals surface area contributed by atoms with E-state index in [1.54, 1.807) is 0 Å². The predicted molar refractivity (Wildman–Crippen MR) is 56.1 cm³/mol. The number of nitrogens with one attached hydrogen (secondary N) is 1. The summed E-state index contributed by atoms with van der Waals surface area (Å²) in [5.74, 6) is 0.00421. The van der Waals surface area contributed by atoms with E-state index in [0.717, 1.165) is 25.5 Å². The fourth-order valence-electron chi connectivity index (χ4n) is 1.19. The Kier molecular flexibility index (Phi) is 7.02. The smallest absolute Gasteiger partial charge is 0.216 e. The fourth-order valence-corrected chi connectivity index (χ4v) is 1.19. The zero-order valence-electron chi connectivity index (χ0n) is 9.25. The first kappa shape index (κ1) is 13.1. The lowest BCUT2D eigenvalue weighted by Gasteiger charge is -2.17. The van der Waals surface area contributed by atoms with E-state index in [9.17, 15) is 9.59 Å². The summed E-state index contributed by atoms with van der Waals surface area (Å²) in [5.41, 5.74) is 0. The molecule has 4 nitrogen and oxygen atoms in total. The number of hydrogen-bond acceptors (Lipinski definition) is 3. The Hall–Kier alpha value is -0.900. The van der Waals surface area contributed by atoms with Crippen LogP contribution < -0.4 is 5.32 Å². The van der Waals surface area contributed by atoms with Crippen LogP contribution in [0.15, 0.2) is 0 Å². The van der Waals surface area contributed by atoms with Crippen molar-refractivity contribution in [2.24, 2.45) is 0 Å². The highest BCUT2D eigenvalue weighted by Gasteiger charge is 2.08. The molecule has 1 atom stereocenters. The van der Waals surface area contributed by atoms with Gasteiger partial charge < -0.3 is 15.0 Å². The molecule has 14 heavy (non-hydrogen) atoms. The van der Waals surface area contributed by atoms with Crippen molar-refractivity contribution in [1.82, 2.24) is 10.2 Å². The van der Waals surface area contributed by atoms with E-state index in [-0.39, 0.29) is 11.9 Å². The van der Waals surface area contributed by atoms with Crippen molar-refractivity contribution >= 4 is 12.2 Å². The third kappa shape index (κ3) is 6.60. The van der Waals surface area contributed by atoms with E-state index in [4.69, 9.17) is 0 Å². The Morgan fingerprint density at radius 2 is 2.07 bits per heavy atom. The molecule has 0 aromatic rings. The van der Waals surface area contributed by atoms with Gasteiger partial charge >= 0.3 is 0 Å². The maximum atomic E-state index is 10.6. The Bertz CT molecular complexity index is 181. The minimum absolute atomic E-state index is 0.00421. The SMILES string of the molecule is CC(=O)NCCCCC([13CH]=O)N(C)C. The summed E-state index contributed by atoms with van der Waals surface area (Å²) in [6.45, 7) is 2.21. The van der Waals surface area contributed by atoms with Crippen molar-refractivity contribution in [1.29, 1.82) is 0 Å². The van der Waals surface area contributed by atoms with Gasteiger partial charge in [0.2, 0.25) is 5.91 Å². The lowest BCUT2D eigenvalue weighted by Crippen LogP contribution is -2.29. The first-order chi connectivity index (χ1) is 6.57. The zero-order valence-corrected chi connectivity index (χ0v) is 9.25. The van der Waals surface area contributed by atoms with E-state index >= 15 is 0 Å². The van der Waals surface area contributed by atoms with Gasteiger partial charge in [0.05, 0.1) is 6.04 Å². The standard InChI is InChI=1S/C10H20N2O2/c1-9(14)11-7-5-4-6-10(8-13)12(2)3/h8,10H,4-7H2,1-3H3,(H,11,14)/i8+1. The van der Waals surface area contributed by atoms with Gasteiger partial charge in [0.1, 0.15) is 6.29 Å². The largest absolute Gasteiger partial charge is 0.356 e. The minimum Gasteiger partial charge on any atom is -0.356 e. The van der Waals surface area contributed by atoms with Gasteiger partial charge in [-0.25, -0.2) is 0 Å². The summed E-state index contributed by atoms with van der Waals surface area (Å²) in [6, 6.07) is 0.00679. The maximum Gasteiger partial charge on any atom is 0.216 e. The normalized spacial score (nSPS) is 12.6. The van der Waals surface area contributed by atoms with Gasteiger partial charge in [-0.3, -0.25) is 4.79 Å². The number of unbranched alkanes of at least 4 members (excludes halogenated alkanes) is 1. The third-order valence-corrected chi connectivity index (χ3v) is 2.12. The summed E-state index contributed by atoms with van der Waals surface area (Å²) >= 11 is 0. The Labute approximate surface area is 85.7 Å². The number of carbonyl (C=O) groups excluding carboxylic acids is 2. The van der Waals surface area contributed by atoms with E-state index in [1.807, 2.05) is 19.0 Å². The van der Waals surface area contributed by atoms with Crippen molar-refractivity contribution in [2.45, 2.75) is 32.2 Å². The highest BCUT2D eigenvalue weighted by molar-refractivity contribution is 5.72. The number of rotatable bonds is 7. The minimum atomic E-state index is 0.00421. The molecule has 0 saturated heterocycles. The molecule has 1 amide bonds. The van der Waals surface area contributed by atoms with Gasteiger partial charge in [-0.1, -0.05) is 0 Å². The van der Waals surface area contributed by atoms with E-state index in [1.165, 1.54) is 6.92 Å². The van der Waals surface area contributed by atoms with Gasteiger partial charge in [0.25, 0.3) is 0 Å². The van der Waals surface area contributed by atoms with Crippen LogP contribution in [0.4, 0.5) is 0 Å². The average Bonchev–Trinajstić information content (AvgIpc) is 2.10. The second-order valence-corrected chi connectivity index (χ2v) is 3.65. The molecule has 4 heteroatoms. The van der Waals surface area contributed by atoms with Gasteiger partial charge in [-0.2, -0.15) is 0 Å². The number of carbonyl (C=O) groups is 2. The van der Waals surface area contributed by atoms with Crippen molar-refractivity contribution in [3.8, 4) is 0 Å². The Balaban J connectivity index is 3.42. The number of hydrogen-bond donors (Lipinski definition) is 1. The van der Waals surface area contributed by atoms with Crippen LogP contribution in [0.25, 0.3) is 0 Å². The third-order valence-electron chi connectivity index (χ3n) is 2.12. The molecule has 0 aliphatic carbocycles. The summed E-state index contributed by atoms with van der Waals surface area (Å²) in [7, 11) is 3.79. The highest BCUT2D eigenvalue weighted by Crippen LogP contribution is 2.02. The summed E-state index contributed by atoms with van der Waals surface area (Å²) in [4.78, 5) is 23.0. The summed E-state index contributed by atoms with van der Waals surface area (Å²) in [6.07, 6.45) is 3.72. The molecule has 0 fully saturated rings. The molecule has 0 aliphatic heterocycles. The van der Waals surface area contributed by atoms with Crippen LogP contribution in [-0.2, 0) is 9.59 Å². The molecular formula is C10H20N2O2. The summed E-state index contributed by atoms with van der Waals surface area (Å²) in [5, 5.41) is 2.73. The van der Waals surface area contributed by atoms with E-state index in [2.05, 4.69) is 5.32 Å². The quantitative estimate of drug-likeness (QED) is 0.369. The predicted octanol–water partition coefficient (Wildman–Crippen LogP) is 0.422.